The molecule has 3 N–H and O–H groups in total. The van der Waals surface area contributed by atoms with Crippen LogP contribution in [0.5, 0.6) is 0 Å². The molecule has 5 nitrogen and oxygen atoms in total. The third kappa shape index (κ3) is 3.45. The van der Waals surface area contributed by atoms with Crippen LogP contribution in [0.1, 0.15) is 32.3 Å². The SMILES string of the molecule is CCCC(C)NS(=O)(=O)c1ccc(N)cc1C#N. The molecule has 18 heavy (non-hydrogen) atoms. The van der Waals surface area contributed by atoms with Gasteiger partial charge in [0.15, 0.2) is 0 Å². The first-order valence-electron chi connectivity index (χ1n) is 5.72. The molecule has 0 aliphatic rings. The highest BCUT2D eigenvalue weighted by atomic mass is 32.2. The lowest BCUT2D eigenvalue weighted by molar-refractivity contribution is 0.544. The van der Waals surface area contributed by atoms with Crippen molar-refractivity contribution in [3.05, 3.63) is 23.8 Å². The molecule has 1 unspecified atom stereocenters. The maximum absolute atomic E-state index is 12.1. The molecule has 0 spiro atoms. The average molecular weight is 267 g/mol. The molecular weight excluding hydrogens is 250 g/mol. The van der Waals surface area contributed by atoms with Gasteiger partial charge in [-0.25, -0.2) is 13.1 Å². The van der Waals surface area contributed by atoms with Gasteiger partial charge in [0.05, 0.1) is 10.5 Å². The predicted octanol–water partition coefficient (Wildman–Crippen LogP) is 1.61. The fraction of sp³-hybridized carbons (Fsp3) is 0.417. The Morgan fingerprint density at radius 3 is 2.72 bits per heavy atom. The fourth-order valence-electron chi connectivity index (χ4n) is 1.69. The van der Waals surface area contributed by atoms with E-state index in [1.54, 1.807) is 6.92 Å². The molecule has 0 aliphatic carbocycles. The Balaban J connectivity index is 3.10. The summed E-state index contributed by atoms with van der Waals surface area (Å²) in [6, 6.07) is 5.87. The van der Waals surface area contributed by atoms with E-state index in [0.29, 0.717) is 5.69 Å². The van der Waals surface area contributed by atoms with Crippen LogP contribution in [-0.4, -0.2) is 14.5 Å². The molecule has 0 amide bonds. The van der Waals surface area contributed by atoms with Crippen LogP contribution in [0.3, 0.4) is 0 Å². The molecule has 1 atom stereocenters. The van der Waals surface area contributed by atoms with Crippen molar-refractivity contribution in [3.8, 4) is 6.07 Å². The van der Waals surface area contributed by atoms with Crippen molar-refractivity contribution < 1.29 is 8.42 Å². The topological polar surface area (TPSA) is 96.0 Å². The Hall–Kier alpha value is -1.58. The van der Waals surface area contributed by atoms with Gasteiger partial charge in [0.25, 0.3) is 0 Å². The summed E-state index contributed by atoms with van der Waals surface area (Å²) in [6.45, 7) is 3.78. The number of nitrogens with zero attached hydrogens (tertiary/aromatic N) is 1. The van der Waals surface area contributed by atoms with E-state index >= 15 is 0 Å². The molecule has 0 saturated heterocycles. The van der Waals surface area contributed by atoms with Crippen molar-refractivity contribution in [2.24, 2.45) is 0 Å². The molecule has 1 aromatic rings. The van der Waals surface area contributed by atoms with Crippen molar-refractivity contribution in [2.75, 3.05) is 5.73 Å². The van der Waals surface area contributed by atoms with Crippen LogP contribution in [0.2, 0.25) is 0 Å². The third-order valence-electron chi connectivity index (χ3n) is 2.49. The molecule has 0 heterocycles. The lowest BCUT2D eigenvalue weighted by atomic mass is 10.2. The van der Waals surface area contributed by atoms with Crippen molar-refractivity contribution >= 4 is 15.7 Å². The number of hydrogen-bond donors (Lipinski definition) is 2. The maximum atomic E-state index is 12.1. The molecule has 6 heteroatoms. The molecule has 0 aliphatic heterocycles. The summed E-state index contributed by atoms with van der Waals surface area (Å²) in [5.41, 5.74) is 5.96. The van der Waals surface area contributed by atoms with E-state index in [2.05, 4.69) is 4.72 Å². The van der Waals surface area contributed by atoms with Crippen LogP contribution in [0.4, 0.5) is 5.69 Å². The van der Waals surface area contributed by atoms with Gasteiger partial charge in [0.1, 0.15) is 6.07 Å². The minimum atomic E-state index is -3.67. The zero-order valence-corrected chi connectivity index (χ0v) is 11.3. The van der Waals surface area contributed by atoms with Gasteiger partial charge in [-0.3, -0.25) is 0 Å². The van der Waals surface area contributed by atoms with Gasteiger partial charge in [-0.15, -0.1) is 0 Å². The van der Waals surface area contributed by atoms with Gasteiger partial charge in [-0.2, -0.15) is 5.26 Å². The molecule has 0 aromatic heterocycles. The summed E-state index contributed by atoms with van der Waals surface area (Å²) in [6.07, 6.45) is 1.63. The van der Waals surface area contributed by atoms with E-state index in [-0.39, 0.29) is 16.5 Å². The quantitative estimate of drug-likeness (QED) is 0.792. The highest BCUT2D eigenvalue weighted by Crippen LogP contribution is 2.18. The highest BCUT2D eigenvalue weighted by molar-refractivity contribution is 7.89. The normalized spacial score (nSPS) is 12.9. The molecule has 0 bridgehead atoms. The van der Waals surface area contributed by atoms with Crippen molar-refractivity contribution in [3.63, 3.8) is 0 Å². The van der Waals surface area contributed by atoms with Gasteiger partial charge in [0, 0.05) is 11.7 Å². The second kappa shape index (κ2) is 5.85. The summed E-state index contributed by atoms with van der Waals surface area (Å²) < 4.78 is 26.8. The minimum absolute atomic E-state index is 0.0258. The first-order valence-corrected chi connectivity index (χ1v) is 7.21. The second-order valence-corrected chi connectivity index (χ2v) is 5.86. The molecule has 0 saturated carbocycles. The molecule has 1 rings (SSSR count). The third-order valence-corrected chi connectivity index (χ3v) is 4.14. The molecule has 0 radical (unpaired) electrons. The van der Waals surface area contributed by atoms with Crippen molar-refractivity contribution in [2.45, 2.75) is 37.6 Å². The van der Waals surface area contributed by atoms with E-state index in [0.717, 1.165) is 12.8 Å². The summed E-state index contributed by atoms with van der Waals surface area (Å²) >= 11 is 0. The number of anilines is 1. The molecular formula is C12H17N3O2S. The van der Waals surface area contributed by atoms with Gasteiger partial charge >= 0.3 is 0 Å². The zero-order chi connectivity index (χ0) is 13.8. The summed E-state index contributed by atoms with van der Waals surface area (Å²) in [5, 5.41) is 8.95. The van der Waals surface area contributed by atoms with E-state index in [4.69, 9.17) is 11.0 Å². The first-order chi connectivity index (χ1) is 8.40. The number of nitriles is 1. The lowest BCUT2D eigenvalue weighted by Crippen LogP contribution is -2.32. The number of benzene rings is 1. The molecule has 1 aromatic carbocycles. The monoisotopic (exact) mass is 267 g/mol. The largest absolute Gasteiger partial charge is 0.399 e. The van der Waals surface area contributed by atoms with Crippen LogP contribution >= 0.6 is 0 Å². The number of rotatable bonds is 5. The van der Waals surface area contributed by atoms with Crippen LogP contribution < -0.4 is 10.5 Å². The van der Waals surface area contributed by atoms with E-state index < -0.39 is 10.0 Å². The lowest BCUT2D eigenvalue weighted by Gasteiger charge is -2.14. The predicted molar refractivity (Wildman–Crippen MR) is 70.3 cm³/mol. The van der Waals surface area contributed by atoms with Gasteiger partial charge in [0.2, 0.25) is 10.0 Å². The van der Waals surface area contributed by atoms with Gasteiger partial charge < -0.3 is 5.73 Å². The minimum Gasteiger partial charge on any atom is -0.399 e. The Morgan fingerprint density at radius 1 is 1.50 bits per heavy atom. The summed E-state index contributed by atoms with van der Waals surface area (Å²) in [4.78, 5) is -0.0258. The van der Waals surface area contributed by atoms with E-state index in [1.807, 2.05) is 13.0 Å². The second-order valence-electron chi connectivity index (χ2n) is 4.18. The number of sulfonamides is 1. The Labute approximate surface area is 108 Å². The highest BCUT2D eigenvalue weighted by Gasteiger charge is 2.20. The molecule has 0 fully saturated rings. The molecule has 98 valence electrons. The van der Waals surface area contributed by atoms with Crippen LogP contribution in [-0.2, 0) is 10.0 Å². The number of nitrogen functional groups attached to an aromatic ring is 1. The van der Waals surface area contributed by atoms with E-state index in [1.165, 1.54) is 18.2 Å². The Kier molecular flexibility index (Phi) is 4.70. The number of nitrogens with two attached hydrogens (primary N) is 1. The number of hydrogen-bond acceptors (Lipinski definition) is 4. The number of nitrogens with one attached hydrogen (secondary N) is 1. The van der Waals surface area contributed by atoms with Crippen LogP contribution in [0.15, 0.2) is 23.1 Å². The zero-order valence-electron chi connectivity index (χ0n) is 10.5. The van der Waals surface area contributed by atoms with Gasteiger partial charge in [-0.1, -0.05) is 13.3 Å². The smallest absolute Gasteiger partial charge is 0.242 e. The van der Waals surface area contributed by atoms with Crippen LogP contribution in [0, 0.1) is 11.3 Å². The van der Waals surface area contributed by atoms with Crippen molar-refractivity contribution in [1.29, 1.82) is 5.26 Å². The Bertz CT molecular complexity index is 561. The van der Waals surface area contributed by atoms with E-state index in [9.17, 15) is 8.42 Å². The standard InChI is InChI=1S/C12H17N3O2S/c1-3-4-9(2)15-18(16,17)12-6-5-11(14)7-10(12)8-13/h5-7,9,15H,3-4,14H2,1-2H3. The first kappa shape index (κ1) is 14.5. The Morgan fingerprint density at radius 2 is 2.17 bits per heavy atom. The van der Waals surface area contributed by atoms with Gasteiger partial charge in [-0.05, 0) is 31.5 Å². The maximum Gasteiger partial charge on any atom is 0.242 e. The van der Waals surface area contributed by atoms with Crippen LogP contribution in [0.25, 0.3) is 0 Å². The van der Waals surface area contributed by atoms with Crippen molar-refractivity contribution in [1.82, 2.24) is 4.72 Å². The fourth-order valence-corrected chi connectivity index (χ4v) is 3.11. The average Bonchev–Trinajstić information content (AvgIpc) is 2.27. The summed E-state index contributed by atoms with van der Waals surface area (Å²) in [7, 11) is -3.67. The summed E-state index contributed by atoms with van der Waals surface area (Å²) in [5.74, 6) is 0.